The average Bonchev–Trinajstić information content (AvgIpc) is 3.46. The van der Waals surface area contributed by atoms with Crippen molar-refractivity contribution in [1.82, 2.24) is 24.9 Å². The van der Waals surface area contributed by atoms with Gasteiger partial charge in [0.1, 0.15) is 29.4 Å². The Kier molecular flexibility index (Phi) is 5.42. The number of aromatic nitrogens is 5. The van der Waals surface area contributed by atoms with E-state index in [1.54, 1.807) is 41.2 Å². The van der Waals surface area contributed by atoms with Crippen LogP contribution in [0.15, 0.2) is 65.4 Å². The van der Waals surface area contributed by atoms with Crippen LogP contribution in [0.2, 0.25) is 0 Å². The van der Waals surface area contributed by atoms with Crippen LogP contribution in [0.25, 0.3) is 34.0 Å². The number of hydrogen-bond donors (Lipinski definition) is 1. The summed E-state index contributed by atoms with van der Waals surface area (Å²) in [5.74, 6) is -2.01. The molecule has 3 aromatic rings. The van der Waals surface area contributed by atoms with E-state index in [1.807, 2.05) is 0 Å². The maximum atomic E-state index is 14.1. The molecule has 2 aromatic carbocycles. The number of rotatable bonds is 7. The van der Waals surface area contributed by atoms with Crippen LogP contribution in [-0.4, -0.2) is 42.6 Å². The number of fused-ring (bicyclic) bond motifs is 1. The van der Waals surface area contributed by atoms with Crippen LogP contribution in [-0.2, 0) is 11.3 Å². The summed E-state index contributed by atoms with van der Waals surface area (Å²) in [7, 11) is 0. The zero-order valence-corrected chi connectivity index (χ0v) is 17.4. The second-order valence-corrected chi connectivity index (χ2v) is 7.28. The normalized spacial score (nSPS) is 11.1. The molecular formula is C23H15F2N5O4. The minimum absolute atomic E-state index is 0.0259. The number of ether oxygens (including phenoxy) is 1. The number of imidazole rings is 1. The van der Waals surface area contributed by atoms with Gasteiger partial charge in [-0.2, -0.15) is 5.10 Å². The molecule has 0 radical (unpaired) electrons. The van der Waals surface area contributed by atoms with E-state index < -0.39 is 24.2 Å². The molecule has 0 bridgehead atoms. The average molecular weight is 463 g/mol. The summed E-state index contributed by atoms with van der Waals surface area (Å²) in [6.45, 7) is -0.173. The standard InChI is InChI=1S/C23H15F2N5O4/c24-17-3-1-2-16(22(17)25)23-27-19-9-26-30(11-20(19)28-23)10-15-8-18(29-34-15)13-4-6-14(7-5-13)33-12-21(31)32/h1-9,11H,10,12H2,(H,31,32). The SMILES string of the molecule is O=C(O)COc1ccc(-c2cc(Cn3cc4nc(-c5cccc(F)c5F)nc-4cn3)on2)cc1. The van der Waals surface area contributed by atoms with Crippen molar-refractivity contribution in [2.45, 2.75) is 6.54 Å². The number of aliphatic carboxylic acids is 1. The fraction of sp³-hybridized carbons (Fsp3) is 0.0870. The molecule has 1 N–H and O–H groups in total. The van der Waals surface area contributed by atoms with Crippen LogP contribution in [0, 0.1) is 11.6 Å². The van der Waals surface area contributed by atoms with Crippen LogP contribution in [0.4, 0.5) is 8.78 Å². The Bertz CT molecular complexity index is 1450. The van der Waals surface area contributed by atoms with Gasteiger partial charge >= 0.3 is 5.97 Å². The molecule has 0 fully saturated rings. The number of nitrogens with zero attached hydrogens (tertiary/aromatic N) is 5. The topological polar surface area (TPSA) is 116 Å². The van der Waals surface area contributed by atoms with Crippen LogP contribution in [0.5, 0.6) is 5.75 Å². The predicted octanol–water partition coefficient (Wildman–Crippen LogP) is 3.89. The lowest BCUT2D eigenvalue weighted by atomic mass is 10.1. The Morgan fingerprint density at radius 3 is 2.65 bits per heavy atom. The molecule has 0 aliphatic carbocycles. The lowest BCUT2D eigenvalue weighted by Gasteiger charge is -2.03. The van der Waals surface area contributed by atoms with E-state index in [-0.39, 0.29) is 17.9 Å². The van der Waals surface area contributed by atoms with Crippen molar-refractivity contribution in [2.75, 3.05) is 6.61 Å². The van der Waals surface area contributed by atoms with Crippen molar-refractivity contribution in [3.63, 3.8) is 0 Å². The van der Waals surface area contributed by atoms with Crippen molar-refractivity contribution in [2.24, 2.45) is 0 Å². The van der Waals surface area contributed by atoms with Crippen LogP contribution in [0.1, 0.15) is 5.76 Å². The third-order valence-corrected chi connectivity index (χ3v) is 4.90. The first-order chi connectivity index (χ1) is 16.5. The highest BCUT2D eigenvalue weighted by molar-refractivity contribution is 5.68. The Balaban J connectivity index is 1.33. The van der Waals surface area contributed by atoms with Gasteiger partial charge in [0, 0.05) is 11.6 Å². The highest BCUT2D eigenvalue weighted by Crippen LogP contribution is 2.27. The van der Waals surface area contributed by atoms with Crippen LogP contribution >= 0.6 is 0 Å². The molecule has 170 valence electrons. The highest BCUT2D eigenvalue weighted by atomic mass is 19.2. The number of halogens is 2. The molecular weight excluding hydrogens is 448 g/mol. The third kappa shape index (κ3) is 4.31. The zero-order valence-electron chi connectivity index (χ0n) is 17.4. The summed E-state index contributed by atoms with van der Waals surface area (Å²) in [4.78, 5) is 19.1. The first-order valence-electron chi connectivity index (χ1n) is 10.0. The van der Waals surface area contributed by atoms with E-state index >= 15 is 0 Å². The molecule has 1 aromatic heterocycles. The molecule has 0 saturated heterocycles. The minimum atomic E-state index is -1.06. The molecule has 0 saturated carbocycles. The van der Waals surface area contributed by atoms with Crippen LogP contribution < -0.4 is 4.74 Å². The van der Waals surface area contributed by atoms with Crippen molar-refractivity contribution in [1.29, 1.82) is 0 Å². The number of carboxylic acids is 1. The van der Waals surface area contributed by atoms with Crippen molar-refractivity contribution in [3.05, 3.63) is 78.3 Å². The smallest absolute Gasteiger partial charge is 0.341 e. The Labute approximate surface area is 190 Å². The van der Waals surface area contributed by atoms with E-state index in [2.05, 4.69) is 20.2 Å². The van der Waals surface area contributed by atoms with E-state index in [0.717, 1.165) is 11.6 Å². The quantitative estimate of drug-likeness (QED) is 0.387. The molecule has 0 amide bonds. The summed E-state index contributed by atoms with van der Waals surface area (Å²) in [6.07, 6.45) is 3.11. The fourth-order valence-electron chi connectivity index (χ4n) is 3.29. The van der Waals surface area contributed by atoms with E-state index in [9.17, 15) is 13.6 Å². The molecule has 11 heteroatoms. The molecule has 5 rings (SSSR count). The first kappa shape index (κ1) is 21.2. The summed E-state index contributed by atoms with van der Waals surface area (Å²) in [6, 6.07) is 12.3. The predicted molar refractivity (Wildman–Crippen MR) is 114 cm³/mol. The first-order valence-corrected chi connectivity index (χ1v) is 10.0. The molecule has 2 aliphatic rings. The maximum Gasteiger partial charge on any atom is 0.341 e. The molecule has 34 heavy (non-hydrogen) atoms. The van der Waals surface area contributed by atoms with Gasteiger partial charge in [-0.05, 0) is 36.4 Å². The van der Waals surface area contributed by atoms with Gasteiger partial charge in [0.15, 0.2) is 29.8 Å². The number of hydrogen-bond acceptors (Lipinski definition) is 7. The highest BCUT2D eigenvalue weighted by Gasteiger charge is 2.18. The molecule has 0 atom stereocenters. The van der Waals surface area contributed by atoms with Gasteiger partial charge < -0.3 is 14.4 Å². The Morgan fingerprint density at radius 1 is 1.06 bits per heavy atom. The van der Waals surface area contributed by atoms with Crippen LogP contribution in [0.3, 0.4) is 0 Å². The van der Waals surface area contributed by atoms with Crippen molar-refractivity contribution >= 4 is 5.97 Å². The minimum Gasteiger partial charge on any atom is -0.482 e. The Hall–Kier alpha value is -4.67. The maximum absolute atomic E-state index is 14.1. The monoisotopic (exact) mass is 463 g/mol. The number of benzene rings is 2. The second kappa shape index (κ2) is 8.70. The zero-order chi connectivity index (χ0) is 23.7. The molecule has 0 unspecified atom stereocenters. The van der Waals surface area contributed by atoms with Gasteiger partial charge in [-0.15, -0.1) is 0 Å². The molecule has 9 nitrogen and oxygen atoms in total. The van der Waals surface area contributed by atoms with E-state index in [0.29, 0.717) is 28.6 Å². The van der Waals surface area contributed by atoms with Gasteiger partial charge in [0.05, 0.1) is 18.0 Å². The second-order valence-electron chi connectivity index (χ2n) is 7.28. The van der Waals surface area contributed by atoms with Gasteiger partial charge in [-0.1, -0.05) is 11.2 Å². The largest absolute Gasteiger partial charge is 0.482 e. The van der Waals surface area contributed by atoms with Crippen molar-refractivity contribution in [3.8, 4) is 39.8 Å². The molecule has 0 spiro atoms. The van der Waals surface area contributed by atoms with Crippen molar-refractivity contribution < 1.29 is 27.9 Å². The summed E-state index contributed by atoms with van der Waals surface area (Å²) >= 11 is 0. The third-order valence-electron chi connectivity index (χ3n) is 4.90. The number of carboxylic acid groups (broad SMARTS) is 1. The Morgan fingerprint density at radius 2 is 1.85 bits per heavy atom. The van der Waals surface area contributed by atoms with Gasteiger partial charge in [0.25, 0.3) is 0 Å². The van der Waals surface area contributed by atoms with Gasteiger partial charge in [-0.25, -0.2) is 23.5 Å². The number of carbonyl (C=O) groups is 1. The lowest BCUT2D eigenvalue weighted by Crippen LogP contribution is -2.09. The van der Waals surface area contributed by atoms with Gasteiger partial charge in [0.2, 0.25) is 0 Å². The van der Waals surface area contributed by atoms with E-state index in [4.69, 9.17) is 14.4 Å². The summed E-state index contributed by atoms with van der Waals surface area (Å²) < 4.78 is 39.7. The van der Waals surface area contributed by atoms with Gasteiger partial charge in [-0.3, -0.25) is 4.68 Å². The van der Waals surface area contributed by atoms with E-state index in [1.165, 1.54) is 18.3 Å². The molecule has 3 heterocycles. The molecule has 2 aliphatic heterocycles. The summed E-state index contributed by atoms with van der Waals surface area (Å²) in [5.41, 5.74) is 2.22. The summed E-state index contributed by atoms with van der Waals surface area (Å²) in [5, 5.41) is 17.0. The fourth-order valence-corrected chi connectivity index (χ4v) is 3.29. The lowest BCUT2D eigenvalue weighted by molar-refractivity contribution is -0.139.